The van der Waals surface area contributed by atoms with Crippen LogP contribution in [0.5, 0.6) is 0 Å². The van der Waals surface area contributed by atoms with Crippen molar-refractivity contribution in [3.63, 3.8) is 0 Å². The molecule has 4 rings (SSSR count). The Labute approximate surface area is 168 Å². The van der Waals surface area contributed by atoms with Gasteiger partial charge in [-0.2, -0.15) is 0 Å². The van der Waals surface area contributed by atoms with Gasteiger partial charge >= 0.3 is 0 Å². The Bertz CT molecular complexity index is 1010. The fourth-order valence-electron chi connectivity index (χ4n) is 3.83. The van der Waals surface area contributed by atoms with Gasteiger partial charge in [0.25, 0.3) is 5.91 Å². The number of nitrogens with two attached hydrogens (primary N) is 1. The normalized spacial score (nSPS) is 16.1. The number of carbonyl (C=O) groups is 1. The molecule has 6 heteroatoms. The Balaban J connectivity index is 1.49. The summed E-state index contributed by atoms with van der Waals surface area (Å²) in [5.41, 5.74) is 10.2. The number of hydrogen-bond donors (Lipinski definition) is 2. The highest BCUT2D eigenvalue weighted by Crippen LogP contribution is 2.36. The van der Waals surface area contributed by atoms with E-state index in [4.69, 9.17) is 10.7 Å². The molecule has 2 heterocycles. The predicted octanol–water partition coefficient (Wildman–Crippen LogP) is 4.51. The van der Waals surface area contributed by atoms with Crippen molar-refractivity contribution in [2.45, 2.75) is 39.0 Å². The molecule has 0 bridgehead atoms. The first-order valence-electron chi connectivity index (χ1n) is 9.78. The summed E-state index contributed by atoms with van der Waals surface area (Å²) in [7, 11) is 0. The molecular weight excluding hydrogens is 373 g/mol. The molecule has 0 aliphatic heterocycles. The van der Waals surface area contributed by atoms with Crippen LogP contribution in [0.1, 0.15) is 46.3 Å². The Morgan fingerprint density at radius 2 is 2.14 bits per heavy atom. The highest BCUT2D eigenvalue weighted by atomic mass is 32.1. The number of rotatable bonds is 5. The van der Waals surface area contributed by atoms with Crippen LogP contribution < -0.4 is 11.1 Å². The zero-order chi connectivity index (χ0) is 19.7. The maximum absolute atomic E-state index is 13.0. The van der Waals surface area contributed by atoms with Crippen molar-refractivity contribution < 1.29 is 9.18 Å². The Morgan fingerprint density at radius 1 is 1.36 bits per heavy atom. The van der Waals surface area contributed by atoms with Gasteiger partial charge in [-0.25, -0.2) is 9.37 Å². The highest BCUT2D eigenvalue weighted by molar-refractivity contribution is 7.21. The summed E-state index contributed by atoms with van der Waals surface area (Å²) < 4.78 is 13.0. The van der Waals surface area contributed by atoms with Crippen molar-refractivity contribution in [3.05, 3.63) is 57.8 Å². The minimum absolute atomic E-state index is 0.174. The van der Waals surface area contributed by atoms with Crippen LogP contribution in [-0.2, 0) is 19.3 Å². The molecule has 1 amide bonds. The van der Waals surface area contributed by atoms with Crippen LogP contribution in [0.2, 0.25) is 0 Å². The molecule has 2 aromatic heterocycles. The molecule has 28 heavy (non-hydrogen) atoms. The lowest BCUT2D eigenvalue weighted by molar-refractivity contribution is 0.0959. The van der Waals surface area contributed by atoms with Gasteiger partial charge < -0.3 is 11.1 Å². The van der Waals surface area contributed by atoms with E-state index in [1.54, 1.807) is 12.1 Å². The van der Waals surface area contributed by atoms with Crippen LogP contribution in [0.25, 0.3) is 10.2 Å². The summed E-state index contributed by atoms with van der Waals surface area (Å²) in [4.78, 5) is 18.8. The number of anilines is 1. The largest absolute Gasteiger partial charge is 0.397 e. The lowest BCUT2D eigenvalue weighted by Gasteiger charge is -2.22. The van der Waals surface area contributed by atoms with Crippen LogP contribution in [0.15, 0.2) is 30.3 Å². The second-order valence-corrected chi connectivity index (χ2v) is 8.44. The molecule has 1 aliphatic rings. The smallest absolute Gasteiger partial charge is 0.263 e. The number of nitrogens with zero attached hydrogens (tertiary/aromatic N) is 1. The second-order valence-electron chi connectivity index (χ2n) is 7.44. The minimum Gasteiger partial charge on any atom is -0.397 e. The molecule has 0 saturated heterocycles. The number of benzene rings is 1. The lowest BCUT2D eigenvalue weighted by Crippen LogP contribution is -2.25. The number of thiophene rings is 1. The van der Waals surface area contributed by atoms with Gasteiger partial charge in [-0.3, -0.25) is 4.79 Å². The van der Waals surface area contributed by atoms with Crippen molar-refractivity contribution >= 4 is 33.1 Å². The Hall–Kier alpha value is -2.47. The highest BCUT2D eigenvalue weighted by Gasteiger charge is 2.23. The summed E-state index contributed by atoms with van der Waals surface area (Å²) >= 11 is 1.36. The summed E-state index contributed by atoms with van der Waals surface area (Å²) in [6.07, 6.45) is 5.05. The molecule has 4 nitrogen and oxygen atoms in total. The van der Waals surface area contributed by atoms with Gasteiger partial charge in [-0.05, 0) is 60.9 Å². The van der Waals surface area contributed by atoms with E-state index in [-0.39, 0.29) is 11.7 Å². The van der Waals surface area contributed by atoms with Gasteiger partial charge in [-0.15, -0.1) is 11.3 Å². The average molecular weight is 398 g/mol. The molecule has 0 spiro atoms. The molecule has 3 N–H and O–H groups in total. The van der Waals surface area contributed by atoms with E-state index < -0.39 is 0 Å². The molecule has 1 aliphatic carbocycles. The van der Waals surface area contributed by atoms with Gasteiger partial charge in [0.05, 0.1) is 5.69 Å². The van der Waals surface area contributed by atoms with E-state index in [0.717, 1.165) is 34.3 Å². The van der Waals surface area contributed by atoms with Crippen LogP contribution in [-0.4, -0.2) is 17.4 Å². The first-order chi connectivity index (χ1) is 13.5. The molecule has 3 aromatic rings. The first-order valence-corrected chi connectivity index (χ1v) is 10.6. The molecule has 0 saturated carbocycles. The van der Waals surface area contributed by atoms with Gasteiger partial charge in [0, 0.05) is 17.6 Å². The number of fused-ring (bicyclic) bond motifs is 2. The van der Waals surface area contributed by atoms with E-state index in [1.807, 2.05) is 0 Å². The molecule has 1 unspecified atom stereocenters. The van der Waals surface area contributed by atoms with Crippen LogP contribution in [0.3, 0.4) is 0 Å². The summed E-state index contributed by atoms with van der Waals surface area (Å²) in [5.74, 6) is 0.277. The number of nitrogens with one attached hydrogen (secondary N) is 1. The standard InChI is InChI=1S/C22H24FN3OS/c1-2-13-5-8-18-15(11-13)12-17-19(24)20(28-22(17)26-18)21(27)25-10-9-14-3-6-16(23)7-4-14/h3-4,6-7,12-13H,2,5,8-11,24H2,1H3,(H,25,27). The van der Waals surface area contributed by atoms with Crippen molar-refractivity contribution in [1.29, 1.82) is 0 Å². The van der Waals surface area contributed by atoms with E-state index >= 15 is 0 Å². The van der Waals surface area contributed by atoms with Gasteiger partial charge in [0.2, 0.25) is 0 Å². The van der Waals surface area contributed by atoms with E-state index in [0.29, 0.717) is 29.4 Å². The molecule has 146 valence electrons. The maximum atomic E-state index is 13.0. The number of pyridine rings is 1. The number of nitrogen functional groups attached to an aromatic ring is 1. The molecule has 1 atom stereocenters. The van der Waals surface area contributed by atoms with E-state index in [9.17, 15) is 9.18 Å². The monoisotopic (exact) mass is 397 g/mol. The molecule has 0 radical (unpaired) electrons. The van der Waals surface area contributed by atoms with Crippen molar-refractivity contribution in [3.8, 4) is 0 Å². The van der Waals surface area contributed by atoms with Crippen molar-refractivity contribution in [1.82, 2.24) is 10.3 Å². The van der Waals surface area contributed by atoms with Gasteiger partial charge in [0.1, 0.15) is 15.5 Å². The molecule has 1 aromatic carbocycles. The Morgan fingerprint density at radius 3 is 2.89 bits per heavy atom. The fraction of sp³-hybridized carbons (Fsp3) is 0.364. The average Bonchev–Trinajstić information content (AvgIpc) is 3.03. The van der Waals surface area contributed by atoms with Crippen molar-refractivity contribution in [2.24, 2.45) is 5.92 Å². The quantitative estimate of drug-likeness (QED) is 0.666. The third-order valence-electron chi connectivity index (χ3n) is 5.58. The number of amides is 1. The number of aromatic nitrogens is 1. The number of aryl methyl sites for hydroxylation is 1. The lowest BCUT2D eigenvalue weighted by atomic mass is 9.85. The SMILES string of the molecule is CCC1CCc2nc3sc(C(=O)NCCc4ccc(F)cc4)c(N)c3cc2C1. The van der Waals surface area contributed by atoms with E-state index in [1.165, 1.54) is 41.9 Å². The van der Waals surface area contributed by atoms with Gasteiger partial charge in [0.15, 0.2) is 0 Å². The van der Waals surface area contributed by atoms with Crippen molar-refractivity contribution in [2.75, 3.05) is 12.3 Å². The zero-order valence-electron chi connectivity index (χ0n) is 15.9. The number of carbonyl (C=O) groups excluding carboxylic acids is 1. The second kappa shape index (κ2) is 7.87. The van der Waals surface area contributed by atoms with Crippen LogP contribution in [0, 0.1) is 11.7 Å². The summed E-state index contributed by atoms with van der Waals surface area (Å²) in [6.45, 7) is 2.70. The van der Waals surface area contributed by atoms with Crippen LogP contribution >= 0.6 is 11.3 Å². The molecular formula is C22H24FN3OS. The number of halogens is 1. The van der Waals surface area contributed by atoms with E-state index in [2.05, 4.69) is 18.3 Å². The van der Waals surface area contributed by atoms with Gasteiger partial charge in [-0.1, -0.05) is 25.5 Å². The minimum atomic E-state index is -0.258. The van der Waals surface area contributed by atoms with Crippen LogP contribution in [0.4, 0.5) is 10.1 Å². The number of hydrogen-bond acceptors (Lipinski definition) is 4. The summed E-state index contributed by atoms with van der Waals surface area (Å²) in [5, 5.41) is 3.81. The summed E-state index contributed by atoms with van der Waals surface area (Å²) in [6, 6.07) is 8.45. The fourth-order valence-corrected chi connectivity index (χ4v) is 4.85. The Kier molecular flexibility index (Phi) is 5.31. The first kappa shape index (κ1) is 18.9. The zero-order valence-corrected chi connectivity index (χ0v) is 16.7. The maximum Gasteiger partial charge on any atom is 0.263 e. The predicted molar refractivity (Wildman–Crippen MR) is 112 cm³/mol. The molecule has 0 fully saturated rings. The third kappa shape index (κ3) is 3.74. The third-order valence-corrected chi connectivity index (χ3v) is 6.70. The topological polar surface area (TPSA) is 68.0 Å².